The van der Waals surface area contributed by atoms with Crippen molar-refractivity contribution in [3.8, 4) is 0 Å². The van der Waals surface area contributed by atoms with Gasteiger partial charge in [0.2, 0.25) is 0 Å². The van der Waals surface area contributed by atoms with Gasteiger partial charge in [0.05, 0.1) is 39.4 Å². The lowest BCUT2D eigenvalue weighted by molar-refractivity contribution is -0.122. The molecule has 0 saturated heterocycles. The van der Waals surface area contributed by atoms with Crippen molar-refractivity contribution < 1.29 is 29.4 Å². The lowest BCUT2D eigenvalue weighted by Crippen LogP contribution is -2.37. The van der Waals surface area contributed by atoms with Crippen LogP contribution in [0, 0.1) is 24.7 Å². The van der Waals surface area contributed by atoms with E-state index in [0.29, 0.717) is 64.3 Å². The van der Waals surface area contributed by atoms with Crippen molar-refractivity contribution in [2.45, 2.75) is 74.1 Å². The number of para-hydroxylation sites is 2. The molecule has 11 nitrogen and oxygen atoms in total. The van der Waals surface area contributed by atoms with E-state index in [2.05, 4.69) is 20.6 Å². The summed E-state index contributed by atoms with van der Waals surface area (Å²) in [7, 11) is 0. The summed E-state index contributed by atoms with van der Waals surface area (Å²) in [4.78, 5) is 65.2. The minimum atomic E-state index is -0.887. The van der Waals surface area contributed by atoms with Crippen LogP contribution >= 0.6 is 23.2 Å². The number of ketones is 2. The Kier molecular flexibility index (Phi) is 16.5. The minimum absolute atomic E-state index is 0.0540. The number of aliphatic hydroxyl groups excluding tert-OH is 2. The van der Waals surface area contributed by atoms with E-state index in [9.17, 15) is 29.4 Å². The summed E-state index contributed by atoms with van der Waals surface area (Å²) in [5.41, 5.74) is 2.56. The Balaban J connectivity index is 1.59. The second-order valence-electron chi connectivity index (χ2n) is 16.7. The first-order valence-corrected chi connectivity index (χ1v) is 20.6. The average Bonchev–Trinajstić information content (AvgIpc) is 3.18. The van der Waals surface area contributed by atoms with Gasteiger partial charge in [-0.05, 0) is 97.8 Å². The molecule has 4 rings (SSSR count). The number of rotatable bonds is 17. The number of amides is 2. The van der Waals surface area contributed by atoms with Gasteiger partial charge >= 0.3 is 0 Å². The first-order chi connectivity index (χ1) is 28.2. The van der Waals surface area contributed by atoms with Crippen molar-refractivity contribution in [1.82, 2.24) is 0 Å². The zero-order valence-corrected chi connectivity index (χ0v) is 37.0. The zero-order chi connectivity index (χ0) is 44.4. The highest BCUT2D eigenvalue weighted by Gasteiger charge is 2.33. The van der Waals surface area contributed by atoms with E-state index in [1.807, 2.05) is 43.0 Å². The van der Waals surface area contributed by atoms with Gasteiger partial charge in [-0.15, -0.1) is 0 Å². The normalized spacial score (nSPS) is 12.8. The fraction of sp³-hybridized carbons (Fsp3) is 0.362. The molecular weight excluding hydrogens is 801 g/mol. The van der Waals surface area contributed by atoms with E-state index in [-0.39, 0.29) is 30.6 Å². The van der Waals surface area contributed by atoms with E-state index >= 15 is 0 Å². The monoisotopic (exact) mass is 855 g/mol. The number of nitrogens with one attached hydrogen (secondary N) is 2. The summed E-state index contributed by atoms with van der Waals surface area (Å²) in [5, 5.41) is 26.3. The Labute approximate surface area is 362 Å². The van der Waals surface area contributed by atoms with Crippen LogP contribution in [0.1, 0.15) is 77.0 Å². The smallest absolute Gasteiger partial charge is 0.278 e. The number of aryl methyl sites for hydroxylation is 2. The van der Waals surface area contributed by atoms with Crippen LogP contribution in [0.25, 0.3) is 0 Å². The van der Waals surface area contributed by atoms with Gasteiger partial charge in [0.15, 0.2) is 23.0 Å². The third-order valence-corrected chi connectivity index (χ3v) is 10.4. The Hall–Kier alpha value is -5.20. The summed E-state index contributed by atoms with van der Waals surface area (Å²) >= 11 is 12.6. The fourth-order valence-corrected chi connectivity index (χ4v) is 6.67. The van der Waals surface area contributed by atoms with Gasteiger partial charge in [-0.1, -0.05) is 101 Å². The third kappa shape index (κ3) is 12.7. The van der Waals surface area contributed by atoms with Gasteiger partial charge in [0, 0.05) is 36.2 Å². The first kappa shape index (κ1) is 47.5. The number of aliphatic hydroxyl groups is 2. The number of aliphatic imine (C=N–C) groups is 2. The van der Waals surface area contributed by atoms with Crippen molar-refractivity contribution >= 4 is 86.4 Å². The van der Waals surface area contributed by atoms with Crippen LogP contribution in [-0.2, 0) is 19.2 Å². The number of anilines is 3. The maximum absolute atomic E-state index is 13.5. The number of benzene rings is 4. The summed E-state index contributed by atoms with van der Waals surface area (Å²) in [6, 6.07) is 24.6. The van der Waals surface area contributed by atoms with Crippen molar-refractivity contribution in [2.75, 3.05) is 41.8 Å². The molecule has 0 bridgehead atoms. The molecule has 60 heavy (non-hydrogen) atoms. The Bertz CT molecular complexity index is 2120. The van der Waals surface area contributed by atoms with Gasteiger partial charge < -0.3 is 25.7 Å². The lowest BCUT2D eigenvalue weighted by Gasteiger charge is -2.27. The molecule has 0 radical (unpaired) electrons. The molecule has 4 N–H and O–H groups in total. The van der Waals surface area contributed by atoms with Crippen molar-refractivity contribution in [3.63, 3.8) is 0 Å². The molecular formula is C47H55Cl2N5O6. The number of carbonyl (C=O) groups excluding carboxylic acids is 4. The van der Waals surface area contributed by atoms with E-state index in [1.165, 1.54) is 0 Å². The second kappa shape index (κ2) is 20.9. The highest BCUT2D eigenvalue weighted by Crippen LogP contribution is 2.32. The Morgan fingerprint density at radius 3 is 1.52 bits per heavy atom. The van der Waals surface area contributed by atoms with Gasteiger partial charge in [0.1, 0.15) is 0 Å². The quantitative estimate of drug-likeness (QED) is 0.0608. The fourth-order valence-electron chi connectivity index (χ4n) is 6.30. The predicted octanol–water partition coefficient (Wildman–Crippen LogP) is 9.62. The number of carbonyl (C=O) groups is 4. The predicted molar refractivity (Wildman–Crippen MR) is 244 cm³/mol. The van der Waals surface area contributed by atoms with E-state index in [1.54, 1.807) is 102 Å². The second-order valence-corrected chi connectivity index (χ2v) is 17.5. The Morgan fingerprint density at radius 1 is 0.633 bits per heavy atom. The number of hydrogen-bond acceptors (Lipinski definition) is 9. The van der Waals surface area contributed by atoms with Crippen LogP contribution in [0.5, 0.6) is 0 Å². The van der Waals surface area contributed by atoms with Gasteiger partial charge in [0.25, 0.3) is 11.8 Å². The number of hydrogen-bond donors (Lipinski definition) is 4. The number of halogens is 2. The van der Waals surface area contributed by atoms with E-state index < -0.39 is 34.2 Å². The molecule has 0 aliphatic rings. The van der Waals surface area contributed by atoms with E-state index in [0.717, 1.165) is 16.8 Å². The molecule has 4 aromatic carbocycles. The summed E-state index contributed by atoms with van der Waals surface area (Å²) in [6.07, 6.45) is 1.08. The van der Waals surface area contributed by atoms with Crippen LogP contribution in [0.3, 0.4) is 0 Å². The van der Waals surface area contributed by atoms with Crippen LogP contribution in [0.2, 0.25) is 10.0 Å². The molecule has 2 amide bonds. The number of Topliss-reactive ketones (excluding diaryl/α,β-unsaturated/α-hetero) is 2. The largest absolute Gasteiger partial charge is 0.396 e. The number of nitrogens with zero attached hydrogens (tertiary/aromatic N) is 3. The SMILES string of the molecule is Cc1cc(C(CCO)CCN(CCO)c2ccc(/N=C(/C(=O)Nc3ccccc3Cl)C(=O)C(C)(C)C)c(C)c2)ccc1/N=C(/C(=O)Nc1ccccc1Cl)C(=O)C(C)(C)C. The minimum Gasteiger partial charge on any atom is -0.396 e. The summed E-state index contributed by atoms with van der Waals surface area (Å²) < 4.78 is 0. The molecule has 0 aromatic heterocycles. The topological polar surface area (TPSA) is 161 Å². The molecule has 0 heterocycles. The summed E-state index contributed by atoms with van der Waals surface area (Å²) in [5.74, 6) is -2.28. The molecule has 0 spiro atoms. The molecule has 0 fully saturated rings. The van der Waals surface area contributed by atoms with Gasteiger partial charge in [-0.3, -0.25) is 19.2 Å². The molecule has 0 aliphatic heterocycles. The standard InChI is InChI=1S/C47H55Cl2N5O6/c1-29-27-32(17-19-36(29)50-40(42(57)46(3,4)5)44(59)52-38-15-11-9-13-34(38)48)31(22-25-55)21-23-54(24-26-56)33-18-20-37(30(2)28-33)51-41(43(58)47(6,7)8)45(60)53-39-16-12-10-14-35(39)49/h9-20,27-28,31,55-56H,21-26H2,1-8H3,(H,52,59)(H,53,60)/b50-40+,51-41+. The molecule has 318 valence electrons. The lowest BCUT2D eigenvalue weighted by atomic mass is 9.87. The molecule has 13 heteroatoms. The molecule has 4 aromatic rings. The van der Waals surface area contributed by atoms with Crippen LogP contribution in [-0.4, -0.2) is 71.3 Å². The molecule has 1 atom stereocenters. The zero-order valence-electron chi connectivity index (χ0n) is 35.5. The van der Waals surface area contributed by atoms with Gasteiger partial charge in [-0.25, -0.2) is 9.98 Å². The Morgan fingerprint density at radius 2 is 1.10 bits per heavy atom. The molecule has 0 aliphatic carbocycles. The summed E-state index contributed by atoms with van der Waals surface area (Å²) in [6.45, 7) is 14.7. The first-order valence-electron chi connectivity index (χ1n) is 19.8. The molecule has 1 unspecified atom stereocenters. The maximum Gasteiger partial charge on any atom is 0.278 e. The average molecular weight is 857 g/mol. The third-order valence-electron chi connectivity index (χ3n) is 9.76. The van der Waals surface area contributed by atoms with Crippen molar-refractivity contribution in [1.29, 1.82) is 0 Å². The van der Waals surface area contributed by atoms with Crippen LogP contribution < -0.4 is 15.5 Å². The highest BCUT2D eigenvalue weighted by atomic mass is 35.5. The molecule has 0 saturated carbocycles. The van der Waals surface area contributed by atoms with Crippen LogP contribution in [0.15, 0.2) is 94.9 Å². The van der Waals surface area contributed by atoms with Crippen molar-refractivity contribution in [2.24, 2.45) is 20.8 Å². The highest BCUT2D eigenvalue weighted by molar-refractivity contribution is 6.69. The van der Waals surface area contributed by atoms with E-state index in [4.69, 9.17) is 23.2 Å². The van der Waals surface area contributed by atoms with Gasteiger partial charge in [-0.2, -0.15) is 0 Å². The maximum atomic E-state index is 13.5. The van der Waals surface area contributed by atoms with Crippen LogP contribution in [0.4, 0.5) is 28.4 Å². The van der Waals surface area contributed by atoms with Crippen molar-refractivity contribution in [3.05, 3.63) is 112 Å².